The van der Waals surface area contributed by atoms with Crippen LogP contribution in [0.15, 0.2) is 10.6 Å². The van der Waals surface area contributed by atoms with Gasteiger partial charge in [-0.15, -0.1) is 0 Å². The van der Waals surface area contributed by atoms with Gasteiger partial charge in [0.05, 0.1) is 23.5 Å². The van der Waals surface area contributed by atoms with E-state index in [1.165, 1.54) is 0 Å². The summed E-state index contributed by atoms with van der Waals surface area (Å²) in [4.78, 5) is 8.34. The molecule has 0 atom stereocenters. The number of pyridine rings is 1. The lowest BCUT2D eigenvalue weighted by Gasteiger charge is -2.08. The largest absolute Gasteiger partial charge is 0.376 e. The van der Waals surface area contributed by atoms with Crippen LogP contribution in [-0.4, -0.2) is 15.1 Å². The number of nitrogens with one attached hydrogen (secondary N) is 1. The molecule has 2 rings (SSSR count). The Morgan fingerprint density at radius 2 is 2.11 bits per heavy atom. The minimum Gasteiger partial charge on any atom is -0.376 e. The van der Waals surface area contributed by atoms with Gasteiger partial charge in [-0.2, -0.15) is 10.2 Å². The highest BCUT2D eigenvalue weighted by molar-refractivity contribution is 5.59. The van der Waals surface area contributed by atoms with Crippen LogP contribution < -0.4 is 5.32 Å². The highest BCUT2D eigenvalue weighted by Crippen LogP contribution is 2.19. The predicted octanol–water partition coefficient (Wildman–Crippen LogP) is 1.87. The van der Waals surface area contributed by atoms with Gasteiger partial charge >= 0.3 is 0 Å². The molecular weight excluding hydrogens is 230 g/mol. The first-order valence-electron chi connectivity index (χ1n) is 5.51. The number of nitrogens with zero attached hydrogens (tertiary/aromatic N) is 4. The molecule has 0 aliphatic carbocycles. The Bertz CT molecular complexity index is 611. The SMILES string of the molecule is Cc1cc(NCc2noc(C)n2)c(C#N)c(C)n1. The molecule has 0 aliphatic rings. The molecule has 2 aromatic rings. The Kier molecular flexibility index (Phi) is 3.24. The smallest absolute Gasteiger partial charge is 0.223 e. The quantitative estimate of drug-likeness (QED) is 0.885. The molecule has 0 saturated heterocycles. The van der Waals surface area contributed by atoms with E-state index in [1.807, 2.05) is 19.9 Å². The number of aryl methyl sites for hydroxylation is 3. The van der Waals surface area contributed by atoms with Gasteiger partial charge in [0, 0.05) is 12.6 Å². The lowest BCUT2D eigenvalue weighted by molar-refractivity contribution is 0.388. The van der Waals surface area contributed by atoms with Crippen LogP contribution in [0, 0.1) is 32.1 Å². The van der Waals surface area contributed by atoms with Crippen LogP contribution in [0.4, 0.5) is 5.69 Å². The fraction of sp³-hybridized carbons (Fsp3) is 0.333. The van der Waals surface area contributed by atoms with E-state index in [2.05, 4.69) is 26.5 Å². The van der Waals surface area contributed by atoms with Crippen LogP contribution in [-0.2, 0) is 6.54 Å². The molecule has 2 aromatic heterocycles. The first kappa shape index (κ1) is 12.0. The highest BCUT2D eigenvalue weighted by atomic mass is 16.5. The summed E-state index contributed by atoms with van der Waals surface area (Å²) in [5.74, 6) is 1.08. The molecule has 0 radical (unpaired) electrons. The van der Waals surface area contributed by atoms with Crippen molar-refractivity contribution in [3.8, 4) is 6.07 Å². The third-order valence-electron chi connectivity index (χ3n) is 2.45. The van der Waals surface area contributed by atoms with E-state index < -0.39 is 0 Å². The third-order valence-corrected chi connectivity index (χ3v) is 2.45. The Hall–Kier alpha value is -2.42. The van der Waals surface area contributed by atoms with Gasteiger partial charge in [-0.1, -0.05) is 5.16 Å². The number of anilines is 1. The van der Waals surface area contributed by atoms with E-state index in [1.54, 1.807) is 6.92 Å². The summed E-state index contributed by atoms with van der Waals surface area (Å²) < 4.78 is 4.88. The van der Waals surface area contributed by atoms with Gasteiger partial charge in [-0.05, 0) is 19.9 Å². The first-order chi connectivity index (χ1) is 8.60. The van der Waals surface area contributed by atoms with Crippen molar-refractivity contribution in [1.82, 2.24) is 15.1 Å². The van der Waals surface area contributed by atoms with Crippen molar-refractivity contribution >= 4 is 5.69 Å². The maximum absolute atomic E-state index is 9.11. The van der Waals surface area contributed by atoms with Gasteiger partial charge in [-0.3, -0.25) is 4.98 Å². The Balaban J connectivity index is 2.21. The van der Waals surface area contributed by atoms with Gasteiger partial charge in [0.15, 0.2) is 5.82 Å². The highest BCUT2D eigenvalue weighted by Gasteiger charge is 2.09. The minimum atomic E-state index is 0.412. The summed E-state index contributed by atoms with van der Waals surface area (Å²) in [5.41, 5.74) is 2.85. The standard InChI is InChI=1S/C12H13N5O/c1-7-4-11(10(5-13)8(2)15-7)14-6-12-16-9(3)18-17-12/h4H,6H2,1-3H3,(H,14,15). The molecule has 0 spiro atoms. The fourth-order valence-electron chi connectivity index (χ4n) is 1.70. The molecule has 6 heteroatoms. The Morgan fingerprint density at radius 3 is 2.72 bits per heavy atom. The molecule has 0 bridgehead atoms. The van der Waals surface area contributed by atoms with Crippen LogP contribution in [0.1, 0.15) is 28.7 Å². The van der Waals surface area contributed by atoms with Crippen molar-refractivity contribution in [3.05, 3.63) is 34.7 Å². The van der Waals surface area contributed by atoms with Crippen LogP contribution >= 0.6 is 0 Å². The summed E-state index contributed by atoms with van der Waals surface area (Å²) in [7, 11) is 0. The maximum Gasteiger partial charge on any atom is 0.223 e. The Labute approximate surface area is 105 Å². The van der Waals surface area contributed by atoms with Gasteiger partial charge in [0.2, 0.25) is 5.89 Å². The number of nitriles is 1. The summed E-state index contributed by atoms with van der Waals surface area (Å²) in [6.07, 6.45) is 0. The molecule has 0 aliphatic heterocycles. The minimum absolute atomic E-state index is 0.412. The number of rotatable bonds is 3. The van der Waals surface area contributed by atoms with Crippen LogP contribution in [0.2, 0.25) is 0 Å². The maximum atomic E-state index is 9.11. The number of hydrogen-bond donors (Lipinski definition) is 1. The second-order valence-corrected chi connectivity index (χ2v) is 3.97. The van der Waals surface area contributed by atoms with Gasteiger partial charge < -0.3 is 9.84 Å². The lowest BCUT2D eigenvalue weighted by Crippen LogP contribution is -2.05. The van der Waals surface area contributed by atoms with Crippen molar-refractivity contribution in [2.75, 3.05) is 5.32 Å². The molecule has 1 N–H and O–H groups in total. The van der Waals surface area contributed by atoms with Crippen LogP contribution in [0.25, 0.3) is 0 Å². The van der Waals surface area contributed by atoms with Crippen LogP contribution in [0.3, 0.4) is 0 Å². The third kappa shape index (κ3) is 2.46. The first-order valence-corrected chi connectivity index (χ1v) is 5.51. The molecule has 92 valence electrons. The van der Waals surface area contributed by atoms with E-state index in [4.69, 9.17) is 9.78 Å². The number of aromatic nitrogens is 3. The zero-order valence-electron chi connectivity index (χ0n) is 10.5. The van der Waals surface area contributed by atoms with Crippen molar-refractivity contribution in [2.24, 2.45) is 0 Å². The van der Waals surface area contributed by atoms with Crippen molar-refractivity contribution in [2.45, 2.75) is 27.3 Å². The summed E-state index contributed by atoms with van der Waals surface area (Å²) in [6, 6.07) is 3.98. The second kappa shape index (κ2) is 4.84. The van der Waals surface area contributed by atoms with Crippen molar-refractivity contribution < 1.29 is 4.52 Å². The molecule has 6 nitrogen and oxygen atoms in total. The number of hydrogen-bond acceptors (Lipinski definition) is 6. The van der Waals surface area contributed by atoms with E-state index in [-0.39, 0.29) is 0 Å². The molecule has 2 heterocycles. The molecule has 0 amide bonds. The predicted molar refractivity (Wildman–Crippen MR) is 64.8 cm³/mol. The zero-order valence-corrected chi connectivity index (χ0v) is 10.5. The molecule has 0 fully saturated rings. The van der Waals surface area contributed by atoms with Gasteiger partial charge in [-0.25, -0.2) is 0 Å². The summed E-state index contributed by atoms with van der Waals surface area (Å²) >= 11 is 0. The van der Waals surface area contributed by atoms with Crippen molar-refractivity contribution in [3.63, 3.8) is 0 Å². The van der Waals surface area contributed by atoms with Gasteiger partial charge in [0.25, 0.3) is 0 Å². The summed E-state index contributed by atoms with van der Waals surface area (Å²) in [6.45, 7) is 5.85. The van der Waals surface area contributed by atoms with Gasteiger partial charge in [0.1, 0.15) is 6.07 Å². The Morgan fingerprint density at radius 1 is 1.33 bits per heavy atom. The van der Waals surface area contributed by atoms with E-state index >= 15 is 0 Å². The molecule has 18 heavy (non-hydrogen) atoms. The van der Waals surface area contributed by atoms with E-state index in [0.717, 1.165) is 11.4 Å². The average Bonchev–Trinajstić information content (AvgIpc) is 2.72. The van der Waals surface area contributed by atoms with E-state index in [9.17, 15) is 0 Å². The zero-order chi connectivity index (χ0) is 13.1. The van der Waals surface area contributed by atoms with Crippen molar-refractivity contribution in [1.29, 1.82) is 5.26 Å². The summed E-state index contributed by atoms with van der Waals surface area (Å²) in [5, 5.41) is 16.0. The van der Waals surface area contributed by atoms with Crippen LogP contribution in [0.5, 0.6) is 0 Å². The molecular formula is C12H13N5O. The second-order valence-electron chi connectivity index (χ2n) is 3.97. The molecule has 0 saturated carbocycles. The van der Waals surface area contributed by atoms with E-state index in [0.29, 0.717) is 29.5 Å². The topological polar surface area (TPSA) is 87.6 Å². The molecule has 0 aromatic carbocycles. The lowest BCUT2D eigenvalue weighted by atomic mass is 10.1. The normalized spacial score (nSPS) is 10.1. The average molecular weight is 243 g/mol. The monoisotopic (exact) mass is 243 g/mol. The molecule has 0 unspecified atom stereocenters. The fourth-order valence-corrected chi connectivity index (χ4v) is 1.70.